The first-order valence-electron chi connectivity index (χ1n) is 11.6. The zero-order valence-electron chi connectivity index (χ0n) is 18.2. The molecule has 0 amide bonds. The van der Waals surface area contributed by atoms with Crippen molar-refractivity contribution in [3.05, 3.63) is 70.4 Å². The minimum Gasteiger partial charge on any atom is -0.468 e. The van der Waals surface area contributed by atoms with Crippen LogP contribution in [0.2, 0.25) is 5.02 Å². The lowest BCUT2D eigenvalue weighted by molar-refractivity contribution is -0.152. The van der Waals surface area contributed by atoms with Gasteiger partial charge in [0.15, 0.2) is 0 Å². The van der Waals surface area contributed by atoms with E-state index in [0.717, 1.165) is 23.4 Å². The largest absolute Gasteiger partial charge is 0.468 e. The molecule has 1 saturated carbocycles. The molecule has 6 rings (SSSR count). The number of hydrogen-bond donors (Lipinski definition) is 2. The number of aromatic nitrogens is 1. The van der Waals surface area contributed by atoms with Crippen LogP contribution in [0.15, 0.2) is 48.5 Å². The molecule has 1 aliphatic carbocycles. The Morgan fingerprint density at radius 1 is 1.09 bits per heavy atom. The summed E-state index contributed by atoms with van der Waals surface area (Å²) in [4.78, 5) is 19.2. The quantitative estimate of drug-likeness (QED) is 0.555. The van der Waals surface area contributed by atoms with Crippen molar-refractivity contribution >= 4 is 28.5 Å². The number of halogens is 1. The minimum absolute atomic E-state index is 0.0902. The summed E-state index contributed by atoms with van der Waals surface area (Å²) in [6.45, 7) is 0. The molecule has 1 saturated heterocycles. The number of esters is 1. The van der Waals surface area contributed by atoms with E-state index in [0.29, 0.717) is 18.5 Å². The summed E-state index contributed by atoms with van der Waals surface area (Å²) >= 11 is 6.40. The highest BCUT2D eigenvalue weighted by Gasteiger charge is 2.48. The van der Waals surface area contributed by atoms with E-state index in [1.165, 1.54) is 42.2 Å². The molecule has 3 aromatic rings. The van der Waals surface area contributed by atoms with Crippen molar-refractivity contribution < 1.29 is 9.53 Å². The van der Waals surface area contributed by atoms with Gasteiger partial charge in [0, 0.05) is 46.2 Å². The topological polar surface area (TPSA) is 57.4 Å². The highest BCUT2D eigenvalue weighted by molar-refractivity contribution is 6.30. The number of hydrogen-bond acceptors (Lipinski definition) is 4. The Balaban J connectivity index is 1.49. The summed E-state index contributed by atoms with van der Waals surface area (Å²) in [6.07, 6.45) is 5.10. The molecule has 6 heteroatoms. The van der Waals surface area contributed by atoms with Crippen LogP contribution in [-0.2, 0) is 16.0 Å². The highest BCUT2D eigenvalue weighted by Crippen LogP contribution is 2.49. The molecule has 0 unspecified atom stereocenters. The van der Waals surface area contributed by atoms with Crippen molar-refractivity contribution in [3.8, 4) is 0 Å². The first kappa shape index (κ1) is 20.3. The zero-order valence-corrected chi connectivity index (χ0v) is 18.9. The van der Waals surface area contributed by atoms with Crippen LogP contribution >= 0.6 is 11.6 Å². The van der Waals surface area contributed by atoms with Gasteiger partial charge in [-0.1, -0.05) is 41.9 Å². The molecule has 1 aromatic heterocycles. The van der Waals surface area contributed by atoms with E-state index < -0.39 is 0 Å². The van der Waals surface area contributed by atoms with Crippen LogP contribution in [0.3, 0.4) is 0 Å². The van der Waals surface area contributed by atoms with Gasteiger partial charge in [0.1, 0.15) is 6.04 Å². The van der Waals surface area contributed by atoms with E-state index in [1.807, 2.05) is 12.1 Å². The van der Waals surface area contributed by atoms with Gasteiger partial charge in [-0.2, -0.15) is 0 Å². The Morgan fingerprint density at radius 3 is 2.69 bits per heavy atom. The Bertz CT molecular complexity index is 1170. The van der Waals surface area contributed by atoms with Crippen LogP contribution < -0.4 is 5.32 Å². The number of para-hydroxylation sites is 1. The third-order valence-corrected chi connectivity index (χ3v) is 7.66. The van der Waals surface area contributed by atoms with Crippen LogP contribution in [0, 0.1) is 0 Å². The van der Waals surface area contributed by atoms with E-state index >= 15 is 0 Å². The van der Waals surface area contributed by atoms with Gasteiger partial charge >= 0.3 is 5.97 Å². The second-order valence-electron chi connectivity index (χ2n) is 9.45. The van der Waals surface area contributed by atoms with Crippen LogP contribution in [0.25, 0.3) is 10.9 Å². The number of aromatic amines is 1. The van der Waals surface area contributed by atoms with Crippen molar-refractivity contribution in [3.63, 3.8) is 0 Å². The first-order valence-corrected chi connectivity index (χ1v) is 12.0. The predicted octanol–water partition coefficient (Wildman–Crippen LogP) is 4.92. The summed E-state index contributed by atoms with van der Waals surface area (Å²) in [5.74, 6) is -0.161. The van der Waals surface area contributed by atoms with Crippen LogP contribution in [-0.4, -0.2) is 41.1 Å². The van der Waals surface area contributed by atoms with Crippen molar-refractivity contribution in [2.75, 3.05) is 7.11 Å². The summed E-state index contributed by atoms with van der Waals surface area (Å²) in [5, 5.41) is 5.82. The summed E-state index contributed by atoms with van der Waals surface area (Å²) < 4.78 is 5.32. The fourth-order valence-corrected chi connectivity index (χ4v) is 6.10. The predicted molar refractivity (Wildman–Crippen MR) is 126 cm³/mol. The SMILES string of the molecule is COC(=O)[C@@H]1Cc2c([nH]c3ccccc23)[C@@H]2C[C@@H](NC3CC3)C[C@@H](c3cccc(Cl)c3)N12. The number of rotatable bonds is 4. The normalized spacial score (nSPS) is 27.7. The van der Waals surface area contributed by atoms with Gasteiger partial charge in [-0.15, -0.1) is 0 Å². The Kier molecular flexibility index (Phi) is 5.01. The van der Waals surface area contributed by atoms with Crippen molar-refractivity contribution in [1.82, 2.24) is 15.2 Å². The molecule has 166 valence electrons. The van der Waals surface area contributed by atoms with Crippen LogP contribution in [0.1, 0.15) is 54.6 Å². The number of nitrogens with one attached hydrogen (secondary N) is 2. The number of piperidine rings is 1. The second kappa shape index (κ2) is 7.91. The third kappa shape index (κ3) is 3.43. The first-order chi connectivity index (χ1) is 15.6. The van der Waals surface area contributed by atoms with Crippen molar-refractivity contribution in [2.45, 2.75) is 62.3 Å². The smallest absolute Gasteiger partial charge is 0.323 e. The van der Waals surface area contributed by atoms with Gasteiger partial charge in [-0.3, -0.25) is 9.69 Å². The molecule has 2 N–H and O–H groups in total. The standard InChI is InChI=1S/C26H28ClN3O2/c1-32-26(31)24-14-20-19-7-2-3-8-21(19)29-25(20)23-13-18(28-17-9-10-17)12-22(30(23)24)15-5-4-6-16(27)11-15/h2-8,11,17-18,22-24,28-29H,9-10,12-14H2,1H3/t18-,22-,23-,24-/m0/s1. The Labute approximate surface area is 193 Å². The van der Waals surface area contributed by atoms with E-state index in [1.54, 1.807) is 0 Å². The molecule has 3 heterocycles. The van der Waals surface area contributed by atoms with Gasteiger partial charge in [0.2, 0.25) is 0 Å². The number of fused-ring (bicyclic) bond motifs is 5. The van der Waals surface area contributed by atoms with E-state index in [-0.39, 0.29) is 24.1 Å². The summed E-state index contributed by atoms with van der Waals surface area (Å²) in [6, 6.07) is 17.5. The molecule has 2 fully saturated rings. The number of carbonyl (C=O) groups excluding carboxylic acids is 1. The van der Waals surface area contributed by atoms with Crippen molar-refractivity contribution in [2.24, 2.45) is 0 Å². The lowest BCUT2D eigenvalue weighted by atomic mass is 9.79. The highest BCUT2D eigenvalue weighted by atomic mass is 35.5. The molecular formula is C26H28ClN3O2. The monoisotopic (exact) mass is 449 g/mol. The van der Waals surface area contributed by atoms with Gasteiger partial charge in [0.25, 0.3) is 0 Å². The molecule has 0 bridgehead atoms. The van der Waals surface area contributed by atoms with Crippen LogP contribution in [0.5, 0.6) is 0 Å². The molecule has 2 aromatic carbocycles. The Hall–Kier alpha value is -2.34. The maximum atomic E-state index is 13.1. The molecule has 5 nitrogen and oxygen atoms in total. The van der Waals surface area contributed by atoms with E-state index in [4.69, 9.17) is 16.3 Å². The van der Waals surface area contributed by atoms with Crippen molar-refractivity contribution in [1.29, 1.82) is 0 Å². The molecule has 2 aliphatic heterocycles. The number of nitrogens with zero attached hydrogens (tertiary/aromatic N) is 1. The average molecular weight is 450 g/mol. The Morgan fingerprint density at radius 2 is 1.91 bits per heavy atom. The molecule has 32 heavy (non-hydrogen) atoms. The number of benzene rings is 2. The molecule has 3 aliphatic rings. The van der Waals surface area contributed by atoms with Gasteiger partial charge in [-0.25, -0.2) is 0 Å². The number of methoxy groups -OCH3 is 1. The maximum Gasteiger partial charge on any atom is 0.323 e. The average Bonchev–Trinajstić information content (AvgIpc) is 3.54. The second-order valence-corrected chi connectivity index (χ2v) is 9.89. The number of H-pyrrole nitrogens is 1. The maximum absolute atomic E-state index is 13.1. The number of ether oxygens (including phenoxy) is 1. The molecule has 0 radical (unpaired) electrons. The lowest BCUT2D eigenvalue weighted by Crippen LogP contribution is -2.55. The fraction of sp³-hybridized carbons (Fsp3) is 0.423. The summed E-state index contributed by atoms with van der Waals surface area (Å²) in [7, 11) is 1.50. The van der Waals surface area contributed by atoms with Crippen LogP contribution in [0.4, 0.5) is 0 Å². The van der Waals surface area contributed by atoms with Gasteiger partial charge in [-0.05, 0) is 55.0 Å². The third-order valence-electron chi connectivity index (χ3n) is 7.43. The molecule has 0 spiro atoms. The van der Waals surface area contributed by atoms with E-state index in [2.05, 4.69) is 51.6 Å². The van der Waals surface area contributed by atoms with Gasteiger partial charge < -0.3 is 15.0 Å². The molecular weight excluding hydrogens is 422 g/mol. The van der Waals surface area contributed by atoms with E-state index in [9.17, 15) is 4.79 Å². The van der Waals surface area contributed by atoms with Gasteiger partial charge in [0.05, 0.1) is 13.2 Å². The minimum atomic E-state index is -0.317. The zero-order chi connectivity index (χ0) is 21.8. The molecule has 4 atom stereocenters. The summed E-state index contributed by atoms with van der Waals surface area (Å²) in [5.41, 5.74) is 4.81. The number of carbonyl (C=O) groups is 1. The fourth-order valence-electron chi connectivity index (χ4n) is 5.90. The lowest BCUT2D eigenvalue weighted by Gasteiger charge is -2.50.